The average molecular weight is 448 g/mol. The molecule has 5 nitrogen and oxygen atoms in total. The lowest BCUT2D eigenvalue weighted by Gasteiger charge is -2.28. The number of hydrogen-bond acceptors (Lipinski definition) is 5. The maximum atomic E-state index is 2.60. The molecule has 0 aliphatic heterocycles. The molecule has 0 atom stereocenters. The number of rotatable bonds is 18. The summed E-state index contributed by atoms with van der Waals surface area (Å²) in [4.78, 5) is 12.1. The predicted molar refractivity (Wildman–Crippen MR) is 143 cm³/mol. The van der Waals surface area contributed by atoms with Gasteiger partial charge in [-0.15, -0.1) is 0 Å². The van der Waals surface area contributed by atoms with Gasteiger partial charge in [0.25, 0.3) is 0 Å². The highest BCUT2D eigenvalue weighted by Crippen LogP contribution is 2.20. The fourth-order valence-electron chi connectivity index (χ4n) is 4.04. The van der Waals surface area contributed by atoms with Gasteiger partial charge in [-0.3, -0.25) is 0 Å². The van der Waals surface area contributed by atoms with E-state index < -0.39 is 0 Å². The molecule has 0 aromatic heterocycles. The molecule has 32 heavy (non-hydrogen) atoms. The van der Waals surface area contributed by atoms with Gasteiger partial charge in [-0.1, -0.05) is 26.0 Å². The minimum absolute atomic E-state index is 0.587. The van der Waals surface area contributed by atoms with Crippen molar-refractivity contribution in [3.05, 3.63) is 29.8 Å². The van der Waals surface area contributed by atoms with E-state index in [-0.39, 0.29) is 0 Å². The van der Waals surface area contributed by atoms with Crippen LogP contribution in [0.5, 0.6) is 0 Å². The van der Waals surface area contributed by atoms with E-state index in [9.17, 15) is 0 Å². The van der Waals surface area contributed by atoms with Gasteiger partial charge in [0.2, 0.25) is 0 Å². The van der Waals surface area contributed by atoms with E-state index in [4.69, 9.17) is 0 Å². The van der Waals surface area contributed by atoms with Crippen molar-refractivity contribution >= 4 is 5.69 Å². The molecule has 0 saturated heterocycles. The topological polar surface area (TPSA) is 16.2 Å². The van der Waals surface area contributed by atoms with E-state index in [0.717, 1.165) is 13.1 Å². The molecule has 1 rings (SSSR count). The Hall–Kier alpha value is -1.14. The first-order chi connectivity index (χ1) is 15.2. The minimum Gasteiger partial charge on any atom is -0.371 e. The highest BCUT2D eigenvalue weighted by atomic mass is 15.2. The Kier molecular flexibility index (Phi) is 14.9. The van der Waals surface area contributed by atoms with Crippen LogP contribution >= 0.6 is 0 Å². The molecule has 0 heterocycles. The number of hydrogen-bond donors (Lipinski definition) is 0. The average Bonchev–Trinajstić information content (AvgIpc) is 2.72. The van der Waals surface area contributed by atoms with E-state index in [1.54, 1.807) is 0 Å². The Morgan fingerprint density at radius 2 is 0.906 bits per heavy atom. The van der Waals surface area contributed by atoms with E-state index >= 15 is 0 Å². The first-order valence-corrected chi connectivity index (χ1v) is 12.7. The summed E-state index contributed by atoms with van der Waals surface area (Å²) in [7, 11) is 13.1. The van der Waals surface area contributed by atoms with Crippen molar-refractivity contribution in [3.63, 3.8) is 0 Å². The maximum Gasteiger partial charge on any atom is 0.0366 e. The van der Waals surface area contributed by atoms with Crippen LogP contribution in [0.1, 0.15) is 51.0 Å². The van der Waals surface area contributed by atoms with Gasteiger partial charge in [-0.25, -0.2) is 0 Å². The fraction of sp³-hybridized carbons (Fsp3) is 0.778. The minimum atomic E-state index is 0.587. The number of benzene rings is 1. The van der Waals surface area contributed by atoms with Crippen molar-refractivity contribution < 1.29 is 0 Å². The SMILES string of the molecule is CC(C)c1ccc(N(CCCN(C)CCCN(C)C)CCCN(C)CCCN(C)C)cc1. The summed E-state index contributed by atoms with van der Waals surface area (Å²) in [5, 5.41) is 0. The highest BCUT2D eigenvalue weighted by Gasteiger charge is 2.09. The maximum absolute atomic E-state index is 2.60. The second kappa shape index (κ2) is 16.5. The summed E-state index contributed by atoms with van der Waals surface area (Å²) >= 11 is 0. The van der Waals surface area contributed by atoms with Gasteiger partial charge in [0.05, 0.1) is 0 Å². The summed E-state index contributed by atoms with van der Waals surface area (Å²) in [6.45, 7) is 13.8. The smallest absolute Gasteiger partial charge is 0.0366 e. The molecule has 0 saturated carbocycles. The van der Waals surface area contributed by atoms with Crippen molar-refractivity contribution in [3.8, 4) is 0 Å². The first-order valence-electron chi connectivity index (χ1n) is 12.7. The molecule has 0 amide bonds. The van der Waals surface area contributed by atoms with Crippen LogP contribution in [-0.4, -0.2) is 114 Å². The van der Waals surface area contributed by atoms with Crippen LogP contribution in [-0.2, 0) is 0 Å². The monoisotopic (exact) mass is 447 g/mol. The molecular formula is C27H53N5. The van der Waals surface area contributed by atoms with Crippen molar-refractivity contribution in [1.29, 1.82) is 0 Å². The Balaban J connectivity index is 2.53. The number of anilines is 1. The molecule has 0 aliphatic rings. The van der Waals surface area contributed by atoms with E-state index in [2.05, 4.69) is 105 Å². The van der Waals surface area contributed by atoms with Gasteiger partial charge in [-0.05, 0) is 131 Å². The van der Waals surface area contributed by atoms with E-state index in [0.29, 0.717) is 5.92 Å². The summed E-state index contributed by atoms with van der Waals surface area (Å²) in [6, 6.07) is 9.29. The second-order valence-corrected chi connectivity index (χ2v) is 10.4. The van der Waals surface area contributed by atoms with Gasteiger partial charge in [-0.2, -0.15) is 0 Å². The largest absolute Gasteiger partial charge is 0.371 e. The molecule has 5 heteroatoms. The third-order valence-corrected chi connectivity index (χ3v) is 6.15. The lowest BCUT2D eigenvalue weighted by molar-refractivity contribution is 0.294. The van der Waals surface area contributed by atoms with Crippen LogP contribution in [0.25, 0.3) is 0 Å². The molecule has 0 unspecified atom stereocenters. The third-order valence-electron chi connectivity index (χ3n) is 6.15. The summed E-state index contributed by atoms with van der Waals surface area (Å²) in [6.07, 6.45) is 4.90. The van der Waals surface area contributed by atoms with Crippen LogP contribution in [0, 0.1) is 0 Å². The van der Waals surface area contributed by atoms with Gasteiger partial charge in [0.1, 0.15) is 0 Å². The Labute approximate surface area is 200 Å². The Morgan fingerprint density at radius 1 is 0.531 bits per heavy atom. The van der Waals surface area contributed by atoms with E-state index in [1.807, 2.05) is 0 Å². The quantitative estimate of drug-likeness (QED) is 0.335. The summed E-state index contributed by atoms with van der Waals surface area (Å²) in [5.41, 5.74) is 2.80. The van der Waals surface area contributed by atoms with Crippen molar-refractivity contribution in [1.82, 2.24) is 19.6 Å². The van der Waals surface area contributed by atoms with Crippen LogP contribution in [0.2, 0.25) is 0 Å². The predicted octanol–water partition coefficient (Wildman–Crippen LogP) is 4.16. The standard InChI is InChI=1S/C27H53N5/c1-25(2)26-13-15-27(16-14-26)32(23-11-21-30(7)19-9-17-28(3)4)24-12-22-31(8)20-10-18-29(5)6/h13-16,25H,9-12,17-24H2,1-8H3. The lowest BCUT2D eigenvalue weighted by Crippen LogP contribution is -2.32. The fourth-order valence-corrected chi connectivity index (χ4v) is 4.04. The number of nitrogens with zero attached hydrogens (tertiary/aromatic N) is 5. The zero-order valence-corrected chi connectivity index (χ0v) is 22.6. The third kappa shape index (κ3) is 13.4. The normalized spacial score (nSPS) is 12.2. The van der Waals surface area contributed by atoms with Gasteiger partial charge < -0.3 is 24.5 Å². The lowest BCUT2D eigenvalue weighted by atomic mass is 10.0. The van der Waals surface area contributed by atoms with Crippen LogP contribution in [0.4, 0.5) is 5.69 Å². The molecule has 1 aromatic carbocycles. The molecule has 0 N–H and O–H groups in total. The molecule has 0 fully saturated rings. The summed E-state index contributed by atoms with van der Waals surface area (Å²) in [5.74, 6) is 0.587. The van der Waals surface area contributed by atoms with Crippen molar-refractivity contribution in [2.45, 2.75) is 45.4 Å². The molecule has 186 valence electrons. The van der Waals surface area contributed by atoms with Crippen LogP contribution < -0.4 is 4.90 Å². The van der Waals surface area contributed by atoms with Crippen LogP contribution in [0.15, 0.2) is 24.3 Å². The Bertz CT molecular complexity index is 544. The highest BCUT2D eigenvalue weighted by molar-refractivity contribution is 5.48. The Morgan fingerprint density at radius 3 is 1.25 bits per heavy atom. The van der Waals surface area contributed by atoms with Gasteiger partial charge in [0.15, 0.2) is 0 Å². The second-order valence-electron chi connectivity index (χ2n) is 10.4. The van der Waals surface area contributed by atoms with Crippen molar-refractivity contribution in [2.24, 2.45) is 0 Å². The first kappa shape index (κ1) is 28.9. The van der Waals surface area contributed by atoms with Crippen LogP contribution in [0.3, 0.4) is 0 Å². The molecule has 0 aliphatic carbocycles. The molecule has 0 radical (unpaired) electrons. The van der Waals surface area contributed by atoms with Gasteiger partial charge >= 0.3 is 0 Å². The van der Waals surface area contributed by atoms with E-state index in [1.165, 1.54) is 76.2 Å². The molecule has 0 spiro atoms. The zero-order chi connectivity index (χ0) is 23.9. The molecule has 0 bridgehead atoms. The molecular weight excluding hydrogens is 394 g/mol. The zero-order valence-electron chi connectivity index (χ0n) is 22.6. The summed E-state index contributed by atoms with van der Waals surface area (Å²) < 4.78 is 0. The molecule has 1 aromatic rings. The van der Waals surface area contributed by atoms with Gasteiger partial charge in [0, 0.05) is 18.8 Å². The van der Waals surface area contributed by atoms with Crippen molar-refractivity contribution in [2.75, 3.05) is 99.5 Å².